The van der Waals surface area contributed by atoms with Gasteiger partial charge in [0.2, 0.25) is 5.91 Å². The third kappa shape index (κ3) is 4.04. The van der Waals surface area contributed by atoms with Gasteiger partial charge in [-0.3, -0.25) is 4.79 Å². The van der Waals surface area contributed by atoms with Crippen molar-refractivity contribution in [3.05, 3.63) is 35.6 Å². The minimum atomic E-state index is -0.291. The minimum Gasteiger partial charge on any atom is -0.340 e. The lowest BCUT2D eigenvalue weighted by molar-refractivity contribution is -0.130. The van der Waals surface area contributed by atoms with E-state index in [2.05, 4.69) is 12.6 Å². The molecule has 17 heavy (non-hydrogen) atoms. The number of carbonyl (C=O) groups is 1. The van der Waals surface area contributed by atoms with Crippen molar-refractivity contribution in [3.63, 3.8) is 0 Å². The van der Waals surface area contributed by atoms with Crippen LogP contribution < -0.4 is 0 Å². The maximum Gasteiger partial charge on any atom is 0.235 e. The largest absolute Gasteiger partial charge is 0.340 e. The highest BCUT2D eigenvalue weighted by Gasteiger charge is 2.21. The van der Waals surface area contributed by atoms with Crippen molar-refractivity contribution in [2.75, 3.05) is 7.05 Å². The van der Waals surface area contributed by atoms with Crippen LogP contribution in [0.3, 0.4) is 0 Å². The van der Waals surface area contributed by atoms with Crippen LogP contribution in [-0.2, 0) is 11.3 Å². The third-order valence-electron chi connectivity index (χ3n) is 2.59. The molecule has 0 saturated carbocycles. The molecular weight excluding hydrogens is 237 g/mol. The second-order valence-electron chi connectivity index (χ2n) is 4.51. The van der Waals surface area contributed by atoms with E-state index in [9.17, 15) is 9.18 Å². The second kappa shape index (κ2) is 6.05. The van der Waals surface area contributed by atoms with Crippen molar-refractivity contribution in [1.82, 2.24) is 4.90 Å². The number of carbonyl (C=O) groups excluding carboxylic acids is 1. The molecule has 1 aromatic carbocycles. The Morgan fingerprint density at radius 1 is 1.35 bits per heavy atom. The summed E-state index contributed by atoms with van der Waals surface area (Å²) in [6, 6.07) is 6.16. The molecule has 0 fully saturated rings. The molecule has 0 aliphatic heterocycles. The summed E-state index contributed by atoms with van der Waals surface area (Å²) in [5.74, 6) is -0.0776. The van der Waals surface area contributed by atoms with Crippen LogP contribution in [0.25, 0.3) is 0 Å². The monoisotopic (exact) mass is 255 g/mol. The summed E-state index contributed by atoms with van der Waals surface area (Å²) in [5.41, 5.74) is 0.909. The summed E-state index contributed by atoms with van der Waals surface area (Å²) in [6.45, 7) is 4.39. The van der Waals surface area contributed by atoms with Gasteiger partial charge in [0.25, 0.3) is 0 Å². The summed E-state index contributed by atoms with van der Waals surface area (Å²) >= 11 is 4.29. The van der Waals surface area contributed by atoms with E-state index >= 15 is 0 Å². The van der Waals surface area contributed by atoms with E-state index in [-0.39, 0.29) is 22.9 Å². The Morgan fingerprint density at radius 2 is 1.88 bits per heavy atom. The first-order valence-corrected chi connectivity index (χ1v) is 6.11. The summed E-state index contributed by atoms with van der Waals surface area (Å²) in [4.78, 5) is 13.5. The van der Waals surface area contributed by atoms with Crippen LogP contribution in [-0.4, -0.2) is 23.1 Å². The molecule has 1 amide bonds. The number of halogens is 1. The van der Waals surface area contributed by atoms with E-state index in [0.717, 1.165) is 5.56 Å². The number of benzene rings is 1. The van der Waals surface area contributed by atoms with Crippen molar-refractivity contribution < 1.29 is 9.18 Å². The fraction of sp³-hybridized carbons (Fsp3) is 0.462. The Morgan fingerprint density at radius 3 is 2.35 bits per heavy atom. The Labute approximate surface area is 107 Å². The van der Waals surface area contributed by atoms with E-state index in [1.165, 1.54) is 12.1 Å². The zero-order valence-corrected chi connectivity index (χ0v) is 11.2. The molecule has 0 N–H and O–H groups in total. The van der Waals surface area contributed by atoms with E-state index in [1.54, 1.807) is 24.1 Å². The standard InChI is InChI=1S/C13H18FNOS/c1-9(2)12(17)13(16)15(3)8-10-4-6-11(14)7-5-10/h4-7,9,12,17H,8H2,1-3H3. The lowest BCUT2D eigenvalue weighted by Crippen LogP contribution is -2.35. The van der Waals surface area contributed by atoms with Crippen LogP contribution in [0.1, 0.15) is 19.4 Å². The van der Waals surface area contributed by atoms with Crippen molar-refractivity contribution in [3.8, 4) is 0 Å². The van der Waals surface area contributed by atoms with Crippen molar-refractivity contribution in [1.29, 1.82) is 0 Å². The molecule has 0 aromatic heterocycles. The Hall–Kier alpha value is -1.03. The molecule has 94 valence electrons. The summed E-state index contributed by atoms with van der Waals surface area (Å²) < 4.78 is 12.7. The third-order valence-corrected chi connectivity index (χ3v) is 3.41. The Kier molecular flexibility index (Phi) is 5.00. The average molecular weight is 255 g/mol. The molecule has 1 unspecified atom stereocenters. The molecular formula is C13H18FNOS. The van der Waals surface area contributed by atoms with Gasteiger partial charge < -0.3 is 4.90 Å². The van der Waals surface area contributed by atoms with E-state index in [1.807, 2.05) is 13.8 Å². The quantitative estimate of drug-likeness (QED) is 0.820. The van der Waals surface area contributed by atoms with Gasteiger partial charge in [0.05, 0.1) is 5.25 Å². The molecule has 0 saturated heterocycles. The van der Waals surface area contributed by atoms with Gasteiger partial charge in [0.15, 0.2) is 0 Å². The summed E-state index contributed by atoms with van der Waals surface area (Å²) in [5, 5.41) is -0.291. The van der Waals surface area contributed by atoms with Crippen molar-refractivity contribution in [2.24, 2.45) is 5.92 Å². The molecule has 1 aromatic rings. The second-order valence-corrected chi connectivity index (χ2v) is 5.07. The van der Waals surface area contributed by atoms with Crippen LogP contribution in [0.5, 0.6) is 0 Å². The van der Waals surface area contributed by atoms with Gasteiger partial charge in [-0.05, 0) is 23.6 Å². The molecule has 0 spiro atoms. The molecule has 4 heteroatoms. The van der Waals surface area contributed by atoms with Crippen LogP contribution in [0.4, 0.5) is 4.39 Å². The van der Waals surface area contributed by atoms with Gasteiger partial charge >= 0.3 is 0 Å². The van der Waals surface area contributed by atoms with Gasteiger partial charge in [-0.25, -0.2) is 4.39 Å². The van der Waals surface area contributed by atoms with Gasteiger partial charge in [0, 0.05) is 13.6 Å². The fourth-order valence-electron chi connectivity index (χ4n) is 1.45. The van der Waals surface area contributed by atoms with Crippen molar-refractivity contribution in [2.45, 2.75) is 25.6 Å². The van der Waals surface area contributed by atoms with Gasteiger partial charge in [-0.2, -0.15) is 12.6 Å². The first-order valence-electron chi connectivity index (χ1n) is 5.59. The van der Waals surface area contributed by atoms with Crippen LogP contribution in [0.15, 0.2) is 24.3 Å². The highest BCUT2D eigenvalue weighted by atomic mass is 32.1. The minimum absolute atomic E-state index is 0.00680. The molecule has 1 rings (SSSR count). The number of hydrogen-bond acceptors (Lipinski definition) is 2. The molecule has 0 bridgehead atoms. The fourth-order valence-corrected chi connectivity index (χ4v) is 1.65. The normalized spacial score (nSPS) is 12.6. The Balaban J connectivity index is 2.63. The van der Waals surface area contributed by atoms with Crippen molar-refractivity contribution >= 4 is 18.5 Å². The van der Waals surface area contributed by atoms with Crippen LogP contribution in [0, 0.1) is 11.7 Å². The highest BCUT2D eigenvalue weighted by Crippen LogP contribution is 2.13. The SMILES string of the molecule is CC(C)C(S)C(=O)N(C)Cc1ccc(F)cc1. The molecule has 0 radical (unpaired) electrons. The predicted octanol–water partition coefficient (Wildman–Crippen LogP) is 2.74. The number of hydrogen-bond donors (Lipinski definition) is 1. The molecule has 0 heterocycles. The average Bonchev–Trinajstić information content (AvgIpc) is 2.30. The number of thiol groups is 1. The lowest BCUT2D eigenvalue weighted by atomic mass is 10.1. The Bertz CT molecular complexity index is 378. The van der Waals surface area contributed by atoms with Crippen LogP contribution >= 0.6 is 12.6 Å². The number of rotatable bonds is 4. The predicted molar refractivity (Wildman–Crippen MR) is 70.5 cm³/mol. The van der Waals surface area contributed by atoms with E-state index in [0.29, 0.717) is 6.54 Å². The first-order chi connectivity index (χ1) is 7.91. The molecule has 2 nitrogen and oxygen atoms in total. The smallest absolute Gasteiger partial charge is 0.235 e. The maximum absolute atomic E-state index is 12.7. The van der Waals surface area contributed by atoms with Gasteiger partial charge in [-0.1, -0.05) is 26.0 Å². The molecule has 1 atom stereocenters. The van der Waals surface area contributed by atoms with E-state index in [4.69, 9.17) is 0 Å². The zero-order chi connectivity index (χ0) is 13.0. The molecule has 0 aliphatic rings. The van der Waals surface area contributed by atoms with E-state index < -0.39 is 0 Å². The molecule has 0 aliphatic carbocycles. The maximum atomic E-state index is 12.7. The summed E-state index contributed by atoms with van der Waals surface area (Å²) in [6.07, 6.45) is 0. The first kappa shape index (κ1) is 14.0. The number of nitrogens with zero attached hydrogens (tertiary/aromatic N) is 1. The zero-order valence-electron chi connectivity index (χ0n) is 10.4. The highest BCUT2D eigenvalue weighted by molar-refractivity contribution is 7.81. The lowest BCUT2D eigenvalue weighted by Gasteiger charge is -2.23. The van der Waals surface area contributed by atoms with Gasteiger partial charge in [0.1, 0.15) is 5.82 Å². The topological polar surface area (TPSA) is 20.3 Å². The number of amides is 1. The van der Waals surface area contributed by atoms with Crippen LogP contribution in [0.2, 0.25) is 0 Å². The van der Waals surface area contributed by atoms with Gasteiger partial charge in [-0.15, -0.1) is 0 Å². The summed E-state index contributed by atoms with van der Waals surface area (Å²) in [7, 11) is 1.73.